The van der Waals surface area contributed by atoms with Crippen molar-refractivity contribution in [3.63, 3.8) is 0 Å². The molecule has 1 aliphatic carbocycles. The summed E-state index contributed by atoms with van der Waals surface area (Å²) in [5.74, 6) is 0.990. The zero-order chi connectivity index (χ0) is 18.9. The van der Waals surface area contributed by atoms with Crippen molar-refractivity contribution in [1.82, 2.24) is 15.2 Å². The number of rotatable bonds is 3. The Bertz CT molecular complexity index is 716. The van der Waals surface area contributed by atoms with Crippen molar-refractivity contribution in [2.45, 2.75) is 57.4 Å². The number of carbonyl (C=O) groups excluding carboxylic acids is 2. The summed E-state index contributed by atoms with van der Waals surface area (Å²) < 4.78 is 0. The van der Waals surface area contributed by atoms with Gasteiger partial charge in [-0.2, -0.15) is 0 Å². The number of carbonyl (C=O) groups is 2. The van der Waals surface area contributed by atoms with Crippen molar-refractivity contribution in [3.05, 3.63) is 23.9 Å². The van der Waals surface area contributed by atoms with Crippen LogP contribution in [-0.2, 0) is 4.79 Å². The van der Waals surface area contributed by atoms with Gasteiger partial charge in [0.1, 0.15) is 11.5 Å². The monoisotopic (exact) mass is 370 g/mol. The maximum absolute atomic E-state index is 13.5. The van der Waals surface area contributed by atoms with Crippen LogP contribution in [-0.4, -0.2) is 54.4 Å². The van der Waals surface area contributed by atoms with Crippen LogP contribution >= 0.6 is 0 Å². The summed E-state index contributed by atoms with van der Waals surface area (Å²) in [5, 5.41) is 2.62. The first kappa shape index (κ1) is 18.3. The average Bonchev–Trinajstić information content (AvgIpc) is 3.15. The van der Waals surface area contributed by atoms with Gasteiger partial charge in [0.05, 0.1) is 5.41 Å². The quantitative estimate of drug-likeness (QED) is 0.888. The predicted octanol–water partition coefficient (Wildman–Crippen LogP) is 2.59. The van der Waals surface area contributed by atoms with Gasteiger partial charge in [-0.25, -0.2) is 4.98 Å². The molecule has 1 spiro atoms. The summed E-state index contributed by atoms with van der Waals surface area (Å²) in [5.41, 5.74) is 0.162. The topological polar surface area (TPSA) is 65.5 Å². The molecular formula is C21H30N4O2. The third-order valence-corrected chi connectivity index (χ3v) is 6.66. The van der Waals surface area contributed by atoms with E-state index in [0.717, 1.165) is 44.7 Å². The highest BCUT2D eigenvalue weighted by atomic mass is 16.2. The number of pyridine rings is 1. The van der Waals surface area contributed by atoms with E-state index in [1.165, 1.54) is 32.1 Å². The number of aromatic nitrogens is 1. The summed E-state index contributed by atoms with van der Waals surface area (Å²) in [4.78, 5) is 34.3. The lowest BCUT2D eigenvalue weighted by atomic mass is 9.77. The molecule has 146 valence electrons. The van der Waals surface area contributed by atoms with Crippen LogP contribution in [0, 0.1) is 5.41 Å². The number of amides is 2. The van der Waals surface area contributed by atoms with E-state index in [-0.39, 0.29) is 11.3 Å². The van der Waals surface area contributed by atoms with Gasteiger partial charge in [0.15, 0.2) is 0 Å². The number of nitrogens with zero attached hydrogens (tertiary/aromatic N) is 3. The molecule has 4 rings (SSSR count). The molecule has 1 aromatic heterocycles. The highest BCUT2D eigenvalue weighted by molar-refractivity contribution is 5.92. The smallest absolute Gasteiger partial charge is 0.269 e. The molecule has 2 saturated heterocycles. The largest absolute Gasteiger partial charge is 0.355 e. The molecule has 0 bridgehead atoms. The Labute approximate surface area is 161 Å². The second kappa shape index (κ2) is 7.49. The molecule has 3 heterocycles. The van der Waals surface area contributed by atoms with E-state index in [9.17, 15) is 9.59 Å². The van der Waals surface area contributed by atoms with Crippen molar-refractivity contribution in [2.75, 3.05) is 31.6 Å². The molecule has 3 fully saturated rings. The summed E-state index contributed by atoms with van der Waals surface area (Å²) in [6.45, 7) is 2.48. The van der Waals surface area contributed by atoms with Gasteiger partial charge in [0.2, 0.25) is 5.91 Å². The Morgan fingerprint density at radius 3 is 2.74 bits per heavy atom. The molecule has 0 aromatic carbocycles. The Morgan fingerprint density at radius 2 is 1.96 bits per heavy atom. The summed E-state index contributed by atoms with van der Waals surface area (Å²) >= 11 is 0. The fourth-order valence-electron chi connectivity index (χ4n) is 5.14. The Hall–Kier alpha value is -2.11. The molecule has 0 radical (unpaired) electrons. The Morgan fingerprint density at radius 1 is 1.15 bits per heavy atom. The Kier molecular flexibility index (Phi) is 5.06. The van der Waals surface area contributed by atoms with E-state index in [1.54, 1.807) is 13.1 Å². The molecule has 0 unspecified atom stereocenters. The molecule has 6 nitrogen and oxygen atoms in total. The van der Waals surface area contributed by atoms with Crippen LogP contribution in [0.25, 0.3) is 0 Å². The van der Waals surface area contributed by atoms with Crippen molar-refractivity contribution in [1.29, 1.82) is 0 Å². The number of anilines is 1. The lowest BCUT2D eigenvalue weighted by molar-refractivity contribution is -0.148. The standard InChI is InChI=1S/C21H30N4O2/c1-22-19(26)17-9-5-10-18(23-17)24-14-12-21(15-24)11-6-13-25(20(21)27)16-7-3-2-4-8-16/h5,9-10,16H,2-4,6-8,11-15H2,1H3,(H,22,26)/t21-/m0/s1. The molecule has 27 heavy (non-hydrogen) atoms. The molecule has 1 atom stereocenters. The number of likely N-dealkylation sites (tertiary alicyclic amines) is 1. The second-order valence-corrected chi connectivity index (χ2v) is 8.31. The summed E-state index contributed by atoms with van der Waals surface area (Å²) in [7, 11) is 1.61. The highest BCUT2D eigenvalue weighted by Gasteiger charge is 2.49. The van der Waals surface area contributed by atoms with Crippen LogP contribution in [0.2, 0.25) is 0 Å². The number of hydrogen-bond donors (Lipinski definition) is 1. The van der Waals surface area contributed by atoms with Crippen LogP contribution in [0.3, 0.4) is 0 Å². The van der Waals surface area contributed by atoms with Gasteiger partial charge in [-0.3, -0.25) is 9.59 Å². The summed E-state index contributed by atoms with van der Waals surface area (Å²) in [6, 6.07) is 5.99. The number of hydrogen-bond acceptors (Lipinski definition) is 4. The average molecular weight is 370 g/mol. The third kappa shape index (κ3) is 3.42. The van der Waals surface area contributed by atoms with E-state index >= 15 is 0 Å². The van der Waals surface area contributed by atoms with Crippen LogP contribution in [0.4, 0.5) is 5.82 Å². The van der Waals surface area contributed by atoms with E-state index in [1.807, 2.05) is 12.1 Å². The van der Waals surface area contributed by atoms with Crippen LogP contribution in [0.1, 0.15) is 61.9 Å². The van der Waals surface area contributed by atoms with Gasteiger partial charge in [0.25, 0.3) is 5.91 Å². The van der Waals surface area contributed by atoms with Gasteiger partial charge in [-0.15, -0.1) is 0 Å². The fourth-order valence-corrected chi connectivity index (χ4v) is 5.14. The molecule has 3 aliphatic rings. The zero-order valence-electron chi connectivity index (χ0n) is 16.2. The van der Waals surface area contributed by atoms with Crippen LogP contribution in [0.5, 0.6) is 0 Å². The van der Waals surface area contributed by atoms with E-state index in [0.29, 0.717) is 17.6 Å². The maximum atomic E-state index is 13.5. The minimum absolute atomic E-state index is 0.178. The van der Waals surface area contributed by atoms with Crippen molar-refractivity contribution >= 4 is 17.6 Å². The SMILES string of the molecule is CNC(=O)c1cccc(N2CC[C@@]3(CCCN(C4CCCCC4)C3=O)C2)n1. The Balaban J connectivity index is 1.50. The minimum atomic E-state index is -0.263. The van der Waals surface area contributed by atoms with Crippen LogP contribution < -0.4 is 10.2 Å². The van der Waals surface area contributed by atoms with E-state index in [4.69, 9.17) is 0 Å². The molecule has 6 heteroatoms. The lowest BCUT2D eigenvalue weighted by Gasteiger charge is -2.44. The normalized spacial score (nSPS) is 26.6. The van der Waals surface area contributed by atoms with Gasteiger partial charge in [-0.05, 0) is 44.2 Å². The van der Waals surface area contributed by atoms with Gasteiger partial charge in [-0.1, -0.05) is 25.3 Å². The zero-order valence-corrected chi connectivity index (χ0v) is 16.2. The van der Waals surface area contributed by atoms with Crippen molar-refractivity contribution in [2.24, 2.45) is 5.41 Å². The van der Waals surface area contributed by atoms with Crippen LogP contribution in [0.15, 0.2) is 18.2 Å². The van der Waals surface area contributed by atoms with E-state index in [2.05, 4.69) is 20.1 Å². The lowest BCUT2D eigenvalue weighted by Crippen LogP contribution is -2.54. The first-order valence-corrected chi connectivity index (χ1v) is 10.4. The predicted molar refractivity (Wildman–Crippen MR) is 105 cm³/mol. The first-order valence-electron chi connectivity index (χ1n) is 10.4. The number of piperidine rings is 1. The molecule has 1 N–H and O–H groups in total. The molecule has 2 aliphatic heterocycles. The van der Waals surface area contributed by atoms with Gasteiger partial charge in [0, 0.05) is 32.7 Å². The maximum Gasteiger partial charge on any atom is 0.269 e. The second-order valence-electron chi connectivity index (χ2n) is 8.31. The fraction of sp³-hybridized carbons (Fsp3) is 0.667. The minimum Gasteiger partial charge on any atom is -0.355 e. The molecule has 2 amide bonds. The highest BCUT2D eigenvalue weighted by Crippen LogP contribution is 2.42. The first-order chi connectivity index (χ1) is 13.1. The third-order valence-electron chi connectivity index (χ3n) is 6.66. The van der Waals surface area contributed by atoms with Gasteiger partial charge < -0.3 is 15.1 Å². The van der Waals surface area contributed by atoms with Gasteiger partial charge >= 0.3 is 0 Å². The molecule has 1 saturated carbocycles. The summed E-state index contributed by atoms with van der Waals surface area (Å²) in [6.07, 6.45) is 9.12. The molecule has 1 aromatic rings. The number of nitrogens with one attached hydrogen (secondary N) is 1. The van der Waals surface area contributed by atoms with Crippen molar-refractivity contribution < 1.29 is 9.59 Å². The van der Waals surface area contributed by atoms with E-state index < -0.39 is 0 Å². The molecular weight excluding hydrogens is 340 g/mol. The van der Waals surface area contributed by atoms with Crippen molar-refractivity contribution in [3.8, 4) is 0 Å².